The van der Waals surface area contributed by atoms with Gasteiger partial charge in [-0.15, -0.1) is 5.10 Å². The Morgan fingerprint density at radius 3 is 2.71 bits per heavy atom. The first-order valence-electron chi connectivity index (χ1n) is 4.80. The van der Waals surface area contributed by atoms with Crippen LogP contribution in [0.5, 0.6) is 6.01 Å². The van der Waals surface area contributed by atoms with Crippen molar-refractivity contribution in [1.29, 1.82) is 0 Å². The summed E-state index contributed by atoms with van der Waals surface area (Å²) in [6.07, 6.45) is 1.74. The lowest BCUT2D eigenvalue weighted by atomic mass is 10.1. The van der Waals surface area contributed by atoms with Crippen molar-refractivity contribution < 1.29 is 4.74 Å². The van der Waals surface area contributed by atoms with Gasteiger partial charge in [-0.2, -0.15) is 4.98 Å². The second-order valence-electron chi connectivity index (χ2n) is 3.66. The number of aromatic nitrogens is 3. The molecule has 0 spiro atoms. The normalized spacial score (nSPS) is 13.2. The van der Waals surface area contributed by atoms with E-state index in [1.54, 1.807) is 11.0 Å². The Kier molecular flexibility index (Phi) is 3.88. The molecule has 0 aliphatic heterocycles. The van der Waals surface area contributed by atoms with Crippen molar-refractivity contribution in [3.63, 3.8) is 0 Å². The summed E-state index contributed by atoms with van der Waals surface area (Å²) >= 11 is 0. The van der Waals surface area contributed by atoms with E-state index in [2.05, 4.69) is 29.2 Å². The lowest BCUT2D eigenvalue weighted by Crippen LogP contribution is -2.34. The molecule has 80 valence electrons. The van der Waals surface area contributed by atoms with E-state index < -0.39 is 0 Å². The zero-order chi connectivity index (χ0) is 10.6. The van der Waals surface area contributed by atoms with Crippen molar-refractivity contribution in [2.24, 2.45) is 13.0 Å². The molecule has 0 aromatic carbocycles. The third-order valence-corrected chi connectivity index (χ3v) is 1.98. The maximum atomic E-state index is 5.63. The molecule has 5 nitrogen and oxygen atoms in total. The minimum atomic E-state index is 0.113. The van der Waals surface area contributed by atoms with Crippen LogP contribution in [0, 0.1) is 5.92 Å². The summed E-state index contributed by atoms with van der Waals surface area (Å²) in [5, 5.41) is 7.16. The van der Waals surface area contributed by atoms with E-state index in [0.717, 1.165) is 6.54 Å². The monoisotopic (exact) mass is 198 g/mol. The van der Waals surface area contributed by atoms with Crippen molar-refractivity contribution in [2.75, 3.05) is 13.6 Å². The van der Waals surface area contributed by atoms with Gasteiger partial charge in [-0.1, -0.05) is 13.8 Å². The van der Waals surface area contributed by atoms with Gasteiger partial charge in [-0.3, -0.25) is 4.68 Å². The molecule has 0 aliphatic rings. The molecule has 1 N–H and O–H groups in total. The highest BCUT2D eigenvalue weighted by atomic mass is 16.5. The van der Waals surface area contributed by atoms with Crippen LogP contribution in [0.1, 0.15) is 13.8 Å². The first-order chi connectivity index (χ1) is 6.63. The van der Waals surface area contributed by atoms with E-state index in [4.69, 9.17) is 4.74 Å². The number of hydrogen-bond acceptors (Lipinski definition) is 4. The van der Waals surface area contributed by atoms with Gasteiger partial charge in [0.15, 0.2) is 0 Å². The Morgan fingerprint density at radius 1 is 1.57 bits per heavy atom. The number of aryl methyl sites for hydroxylation is 1. The van der Waals surface area contributed by atoms with Gasteiger partial charge in [0.25, 0.3) is 0 Å². The summed E-state index contributed by atoms with van der Waals surface area (Å²) in [5.74, 6) is 0.436. The Bertz CT molecular complexity index is 272. The highest BCUT2D eigenvalue weighted by Crippen LogP contribution is 2.09. The van der Waals surface area contributed by atoms with Gasteiger partial charge in [-0.05, 0) is 13.0 Å². The Morgan fingerprint density at radius 2 is 2.29 bits per heavy atom. The van der Waals surface area contributed by atoms with Crippen LogP contribution in [-0.2, 0) is 7.05 Å². The molecule has 0 bridgehead atoms. The topological polar surface area (TPSA) is 52.0 Å². The molecular weight excluding hydrogens is 180 g/mol. The fourth-order valence-electron chi connectivity index (χ4n) is 1.12. The molecule has 0 amide bonds. The largest absolute Gasteiger partial charge is 0.457 e. The van der Waals surface area contributed by atoms with Gasteiger partial charge in [0, 0.05) is 13.6 Å². The van der Waals surface area contributed by atoms with Gasteiger partial charge >= 0.3 is 6.01 Å². The minimum absolute atomic E-state index is 0.113. The molecule has 14 heavy (non-hydrogen) atoms. The first-order valence-corrected chi connectivity index (χ1v) is 4.80. The standard InChI is InChI=1S/C9H18N4O/c1-7(2)8(5-10-3)14-9-11-6-13(4)12-9/h6-8,10H,5H2,1-4H3. The van der Waals surface area contributed by atoms with Crippen LogP contribution in [0.4, 0.5) is 0 Å². The fraction of sp³-hybridized carbons (Fsp3) is 0.778. The van der Waals surface area contributed by atoms with Crippen molar-refractivity contribution in [1.82, 2.24) is 20.1 Å². The molecule has 0 radical (unpaired) electrons. The van der Waals surface area contributed by atoms with Crippen molar-refractivity contribution >= 4 is 0 Å². The molecule has 0 saturated heterocycles. The van der Waals surface area contributed by atoms with E-state index in [9.17, 15) is 0 Å². The fourth-order valence-corrected chi connectivity index (χ4v) is 1.12. The maximum absolute atomic E-state index is 5.63. The lowest BCUT2D eigenvalue weighted by molar-refractivity contribution is 0.138. The quantitative estimate of drug-likeness (QED) is 0.746. The van der Waals surface area contributed by atoms with Crippen LogP contribution < -0.4 is 10.1 Å². The molecule has 1 rings (SSSR count). The highest BCUT2D eigenvalue weighted by molar-refractivity contribution is 4.89. The van der Waals surface area contributed by atoms with E-state index in [-0.39, 0.29) is 6.10 Å². The SMILES string of the molecule is CNCC(Oc1ncn(C)n1)C(C)C. The average Bonchev–Trinajstić information content (AvgIpc) is 2.50. The summed E-state index contributed by atoms with van der Waals surface area (Å²) in [6, 6.07) is 0.446. The van der Waals surface area contributed by atoms with Crippen LogP contribution in [0.3, 0.4) is 0 Å². The van der Waals surface area contributed by atoms with Crippen LogP contribution in [0.2, 0.25) is 0 Å². The van der Waals surface area contributed by atoms with Crippen LogP contribution in [0.25, 0.3) is 0 Å². The first kappa shape index (κ1) is 11.0. The van der Waals surface area contributed by atoms with E-state index in [1.165, 1.54) is 0 Å². The van der Waals surface area contributed by atoms with E-state index in [1.807, 2.05) is 14.1 Å². The molecular formula is C9H18N4O. The second-order valence-corrected chi connectivity index (χ2v) is 3.66. The lowest BCUT2D eigenvalue weighted by Gasteiger charge is -2.19. The summed E-state index contributed by atoms with van der Waals surface area (Å²) in [6.45, 7) is 5.03. The Hall–Kier alpha value is -1.10. The molecule has 1 atom stereocenters. The smallest absolute Gasteiger partial charge is 0.335 e. The molecule has 5 heteroatoms. The molecule has 1 heterocycles. The second kappa shape index (κ2) is 4.95. The molecule has 0 saturated carbocycles. The average molecular weight is 198 g/mol. The molecule has 0 aliphatic carbocycles. The summed E-state index contributed by atoms with van der Waals surface area (Å²) in [5.41, 5.74) is 0. The Labute approximate surface area is 84.5 Å². The van der Waals surface area contributed by atoms with E-state index >= 15 is 0 Å². The number of nitrogens with one attached hydrogen (secondary N) is 1. The number of nitrogens with zero attached hydrogens (tertiary/aromatic N) is 3. The van der Waals surface area contributed by atoms with Gasteiger partial charge in [0.05, 0.1) is 0 Å². The third kappa shape index (κ3) is 2.99. The van der Waals surface area contributed by atoms with Crippen LogP contribution in [0.15, 0.2) is 6.33 Å². The maximum Gasteiger partial charge on any atom is 0.335 e. The zero-order valence-corrected chi connectivity index (χ0v) is 9.19. The molecule has 1 aromatic heterocycles. The summed E-state index contributed by atoms with van der Waals surface area (Å²) in [4.78, 5) is 4.02. The predicted molar refractivity (Wildman–Crippen MR) is 54.2 cm³/mol. The number of ether oxygens (including phenoxy) is 1. The van der Waals surface area contributed by atoms with Gasteiger partial charge < -0.3 is 10.1 Å². The van der Waals surface area contributed by atoms with Crippen molar-refractivity contribution in [2.45, 2.75) is 20.0 Å². The molecule has 1 aromatic rings. The summed E-state index contributed by atoms with van der Waals surface area (Å²) < 4.78 is 7.26. The van der Waals surface area contributed by atoms with Gasteiger partial charge in [0.1, 0.15) is 12.4 Å². The third-order valence-electron chi connectivity index (χ3n) is 1.98. The van der Waals surface area contributed by atoms with E-state index in [0.29, 0.717) is 11.9 Å². The van der Waals surface area contributed by atoms with Crippen molar-refractivity contribution in [3.8, 4) is 6.01 Å². The van der Waals surface area contributed by atoms with Crippen LogP contribution in [-0.4, -0.2) is 34.5 Å². The molecule has 1 unspecified atom stereocenters. The number of rotatable bonds is 5. The molecule has 0 fully saturated rings. The number of likely N-dealkylation sites (N-methyl/N-ethyl adjacent to an activating group) is 1. The van der Waals surface area contributed by atoms with Crippen molar-refractivity contribution in [3.05, 3.63) is 6.33 Å². The Balaban J connectivity index is 2.55. The van der Waals surface area contributed by atoms with Gasteiger partial charge in [-0.25, -0.2) is 0 Å². The zero-order valence-electron chi connectivity index (χ0n) is 9.19. The number of hydrogen-bond donors (Lipinski definition) is 1. The van der Waals surface area contributed by atoms with Crippen LogP contribution >= 0.6 is 0 Å². The highest BCUT2D eigenvalue weighted by Gasteiger charge is 2.15. The summed E-state index contributed by atoms with van der Waals surface area (Å²) in [7, 11) is 3.73. The van der Waals surface area contributed by atoms with Gasteiger partial charge in [0.2, 0.25) is 0 Å². The predicted octanol–water partition coefficient (Wildman–Crippen LogP) is 0.438. The minimum Gasteiger partial charge on any atom is -0.457 e.